The molecule has 4 fully saturated rings. The zero-order valence-electron chi connectivity index (χ0n) is 24.3. The Balaban J connectivity index is 1.24. The van der Waals surface area contributed by atoms with Crippen molar-refractivity contribution in [3.63, 3.8) is 0 Å². The number of anilines is 1. The summed E-state index contributed by atoms with van der Waals surface area (Å²) in [6.45, 7) is 4.56. The van der Waals surface area contributed by atoms with E-state index in [1.54, 1.807) is 0 Å². The summed E-state index contributed by atoms with van der Waals surface area (Å²) in [4.78, 5) is 21.7. The fourth-order valence-electron chi connectivity index (χ4n) is 8.64. The third-order valence-corrected chi connectivity index (χ3v) is 12.1. The maximum atomic E-state index is 14.0. The van der Waals surface area contributed by atoms with Crippen LogP contribution in [-0.4, -0.2) is 58.5 Å². The average Bonchev–Trinajstić information content (AvgIpc) is 2.93. The van der Waals surface area contributed by atoms with Crippen molar-refractivity contribution in [3.05, 3.63) is 34.6 Å². The first-order valence-electron chi connectivity index (χ1n) is 15.9. The molecule has 2 aliphatic heterocycles. The second-order valence-electron chi connectivity index (χ2n) is 12.6. The Morgan fingerprint density at radius 3 is 2.20 bits per heavy atom. The number of nitrogens with zero attached hydrogens (tertiary/aromatic N) is 3. The van der Waals surface area contributed by atoms with Gasteiger partial charge < -0.3 is 18.9 Å². The summed E-state index contributed by atoms with van der Waals surface area (Å²) in [7, 11) is -3.20. The summed E-state index contributed by atoms with van der Waals surface area (Å²) < 4.78 is 25.9. The Kier molecular flexibility index (Phi) is 8.69. The lowest BCUT2D eigenvalue weighted by Crippen LogP contribution is -2.58. The van der Waals surface area contributed by atoms with Gasteiger partial charge in [0.05, 0.1) is 30.4 Å². The molecule has 6 rings (SSSR count). The first-order valence-corrected chi connectivity index (χ1v) is 17.6. The molecule has 1 aromatic heterocycles. The molecule has 4 unspecified atom stereocenters. The van der Waals surface area contributed by atoms with Crippen molar-refractivity contribution in [3.8, 4) is 0 Å². The van der Waals surface area contributed by atoms with Crippen LogP contribution in [-0.2, 0) is 13.6 Å². The van der Waals surface area contributed by atoms with E-state index in [0.29, 0.717) is 37.7 Å². The summed E-state index contributed by atoms with van der Waals surface area (Å²) in [5, 5.41) is 3.20. The molecule has 40 heavy (non-hydrogen) atoms. The van der Waals surface area contributed by atoms with Gasteiger partial charge >= 0.3 is 7.60 Å². The van der Waals surface area contributed by atoms with Crippen LogP contribution in [0.3, 0.4) is 0 Å². The Labute approximate surface area is 238 Å². The Hall–Kier alpha value is -1.73. The van der Waals surface area contributed by atoms with Crippen LogP contribution in [0.5, 0.6) is 0 Å². The van der Waals surface area contributed by atoms with E-state index in [1.165, 1.54) is 57.8 Å². The molecular formula is C31H47N4O4P. The molecule has 2 aliphatic carbocycles. The van der Waals surface area contributed by atoms with E-state index >= 15 is 0 Å². The van der Waals surface area contributed by atoms with Crippen molar-refractivity contribution in [1.82, 2.24) is 14.5 Å². The molecule has 3 heterocycles. The summed E-state index contributed by atoms with van der Waals surface area (Å²) >= 11 is 0. The zero-order chi connectivity index (χ0) is 27.7. The van der Waals surface area contributed by atoms with Gasteiger partial charge in [-0.15, -0.1) is 0 Å². The van der Waals surface area contributed by atoms with Crippen molar-refractivity contribution in [1.29, 1.82) is 0 Å². The van der Waals surface area contributed by atoms with Crippen molar-refractivity contribution in [2.45, 2.75) is 109 Å². The fourth-order valence-corrected chi connectivity index (χ4v) is 10.1. The van der Waals surface area contributed by atoms with Crippen LogP contribution in [0.15, 0.2) is 29.1 Å². The first kappa shape index (κ1) is 28.4. The lowest BCUT2D eigenvalue weighted by molar-refractivity contribution is -0.0485. The third-order valence-electron chi connectivity index (χ3n) is 10.0. The number of nitrogens with one attached hydrogen (secondary N) is 1. The SMILES string of the molecule is CCOP(=O)(CCNc1nc2ccccc2n(C2CC3CCCC(C2)N3C2CC3CCCC(C3)C2)c1=O)OCC. The number of hydrogen-bond acceptors (Lipinski definition) is 7. The van der Waals surface area contributed by atoms with Gasteiger partial charge in [-0.1, -0.05) is 37.8 Å². The van der Waals surface area contributed by atoms with E-state index in [2.05, 4.69) is 10.2 Å². The zero-order valence-corrected chi connectivity index (χ0v) is 25.2. The molecule has 2 saturated heterocycles. The van der Waals surface area contributed by atoms with Crippen LogP contribution in [0.25, 0.3) is 11.0 Å². The lowest BCUT2D eigenvalue weighted by Gasteiger charge is -2.55. The molecule has 2 aromatic rings. The number of para-hydroxylation sites is 2. The molecule has 4 atom stereocenters. The normalized spacial score (nSPS) is 30.9. The van der Waals surface area contributed by atoms with E-state index < -0.39 is 7.60 Å². The van der Waals surface area contributed by atoms with Gasteiger partial charge in [-0.2, -0.15) is 0 Å². The Morgan fingerprint density at radius 2 is 1.52 bits per heavy atom. The van der Waals surface area contributed by atoms with Gasteiger partial charge in [-0.05, 0) is 82.8 Å². The Bertz CT molecular complexity index is 1250. The molecule has 4 bridgehead atoms. The number of hydrogen-bond donors (Lipinski definition) is 1. The number of rotatable bonds is 10. The molecule has 0 amide bonds. The van der Waals surface area contributed by atoms with E-state index in [-0.39, 0.29) is 17.8 Å². The quantitative estimate of drug-likeness (QED) is 0.322. The van der Waals surface area contributed by atoms with Crippen LogP contribution < -0.4 is 10.9 Å². The lowest BCUT2D eigenvalue weighted by atomic mass is 9.68. The topological polar surface area (TPSA) is 85.7 Å². The third kappa shape index (κ3) is 5.79. The fraction of sp³-hybridized carbons (Fsp3) is 0.742. The van der Waals surface area contributed by atoms with E-state index in [1.807, 2.05) is 42.7 Å². The molecule has 9 heteroatoms. The minimum absolute atomic E-state index is 0.0786. The van der Waals surface area contributed by atoms with Gasteiger partial charge in [0.2, 0.25) is 0 Å². The minimum Gasteiger partial charge on any atom is -0.365 e. The number of aromatic nitrogens is 2. The van der Waals surface area contributed by atoms with Crippen molar-refractivity contribution < 1.29 is 13.6 Å². The van der Waals surface area contributed by atoms with Gasteiger partial charge in [0.1, 0.15) is 0 Å². The molecule has 1 aromatic carbocycles. The molecule has 220 valence electrons. The largest absolute Gasteiger partial charge is 0.365 e. The predicted molar refractivity (Wildman–Crippen MR) is 160 cm³/mol. The molecule has 1 N–H and O–H groups in total. The summed E-state index contributed by atoms with van der Waals surface area (Å²) in [5.41, 5.74) is 1.65. The molecular weight excluding hydrogens is 523 g/mol. The molecule has 8 nitrogen and oxygen atoms in total. The average molecular weight is 571 g/mol. The molecule has 2 saturated carbocycles. The summed E-state index contributed by atoms with van der Waals surface area (Å²) in [5.74, 6) is 2.18. The van der Waals surface area contributed by atoms with Crippen LogP contribution in [0.1, 0.15) is 90.5 Å². The monoisotopic (exact) mass is 570 g/mol. The Morgan fingerprint density at radius 1 is 0.875 bits per heavy atom. The summed E-state index contributed by atoms with van der Waals surface area (Å²) in [6.07, 6.45) is 14.5. The van der Waals surface area contributed by atoms with Crippen LogP contribution in [0, 0.1) is 11.8 Å². The van der Waals surface area contributed by atoms with Crippen LogP contribution >= 0.6 is 7.60 Å². The van der Waals surface area contributed by atoms with Crippen molar-refractivity contribution in [2.75, 3.05) is 31.2 Å². The first-order chi connectivity index (χ1) is 19.5. The maximum Gasteiger partial charge on any atom is 0.332 e. The highest BCUT2D eigenvalue weighted by atomic mass is 31.2. The summed E-state index contributed by atoms with van der Waals surface area (Å²) in [6, 6.07) is 10.0. The van der Waals surface area contributed by atoms with Gasteiger partial charge in [0.15, 0.2) is 5.82 Å². The maximum absolute atomic E-state index is 14.0. The number of piperidine rings is 2. The second kappa shape index (κ2) is 12.2. The van der Waals surface area contributed by atoms with Gasteiger partial charge in [-0.25, -0.2) is 4.98 Å². The van der Waals surface area contributed by atoms with Gasteiger partial charge in [0.25, 0.3) is 5.56 Å². The van der Waals surface area contributed by atoms with E-state index in [4.69, 9.17) is 14.0 Å². The minimum atomic E-state index is -3.20. The van der Waals surface area contributed by atoms with Crippen molar-refractivity contribution in [2.24, 2.45) is 11.8 Å². The molecule has 4 aliphatic rings. The molecule has 0 spiro atoms. The highest BCUT2D eigenvalue weighted by Gasteiger charge is 2.45. The highest BCUT2D eigenvalue weighted by molar-refractivity contribution is 7.53. The molecule has 0 radical (unpaired) electrons. The van der Waals surface area contributed by atoms with E-state index in [0.717, 1.165) is 41.8 Å². The second-order valence-corrected chi connectivity index (χ2v) is 14.7. The standard InChI is InChI=1S/C31H47N4O4P/c1-3-38-40(37,39-4-2)16-15-32-30-31(36)35(29-14-6-5-13-28(29)33-30)27-20-24-11-8-12-25(21-27)34(24)26-18-22-9-7-10-23(17-22)19-26/h5-6,13-14,22-27H,3-4,7-12,15-21H2,1-2H3,(H,32,33). The van der Waals surface area contributed by atoms with Crippen molar-refractivity contribution >= 4 is 24.4 Å². The number of fused-ring (bicyclic) bond motifs is 5. The smallest absolute Gasteiger partial charge is 0.332 e. The highest BCUT2D eigenvalue weighted by Crippen LogP contribution is 2.48. The van der Waals surface area contributed by atoms with Crippen LogP contribution in [0.2, 0.25) is 0 Å². The number of benzene rings is 1. The van der Waals surface area contributed by atoms with Gasteiger partial charge in [-0.3, -0.25) is 14.3 Å². The predicted octanol–water partition coefficient (Wildman–Crippen LogP) is 6.60. The van der Waals surface area contributed by atoms with Crippen LogP contribution in [0.4, 0.5) is 5.82 Å². The van der Waals surface area contributed by atoms with Gasteiger partial charge in [0, 0.05) is 30.7 Å². The van der Waals surface area contributed by atoms with E-state index in [9.17, 15) is 9.36 Å².